The van der Waals surface area contributed by atoms with Gasteiger partial charge in [-0.2, -0.15) is 5.10 Å². The second-order valence-electron chi connectivity index (χ2n) is 6.60. The molecule has 10 heteroatoms. The van der Waals surface area contributed by atoms with E-state index in [4.69, 9.17) is 0 Å². The molecule has 0 saturated carbocycles. The smallest absolute Gasteiger partial charge is 0.261 e. The maximum absolute atomic E-state index is 12.6. The Morgan fingerprint density at radius 2 is 1.68 bits per heavy atom. The lowest BCUT2D eigenvalue weighted by Gasteiger charge is -2.10. The number of ketones is 1. The molecule has 0 fully saturated rings. The highest BCUT2D eigenvalue weighted by Crippen LogP contribution is 2.21. The summed E-state index contributed by atoms with van der Waals surface area (Å²) < 4.78 is 29.3. The molecule has 0 aliphatic rings. The summed E-state index contributed by atoms with van der Waals surface area (Å²) in [4.78, 5) is 19.8. The van der Waals surface area contributed by atoms with Gasteiger partial charge < -0.3 is 5.32 Å². The van der Waals surface area contributed by atoms with Gasteiger partial charge in [-0.3, -0.25) is 9.52 Å². The lowest BCUT2D eigenvalue weighted by molar-refractivity contribution is 0.101. The number of carbonyl (C=O) groups excluding carboxylic acids is 1. The number of rotatable bonds is 7. The van der Waals surface area contributed by atoms with Gasteiger partial charge in [-0.25, -0.2) is 23.1 Å². The van der Waals surface area contributed by atoms with Crippen molar-refractivity contribution in [2.75, 3.05) is 10.0 Å². The number of anilines is 3. The van der Waals surface area contributed by atoms with Crippen LogP contribution in [0.25, 0.3) is 5.82 Å². The van der Waals surface area contributed by atoms with E-state index < -0.39 is 10.0 Å². The number of carbonyl (C=O) groups is 1. The van der Waals surface area contributed by atoms with Crippen LogP contribution in [-0.2, 0) is 10.0 Å². The minimum atomic E-state index is -3.77. The number of nitrogens with zero attached hydrogens (tertiary/aromatic N) is 4. The van der Waals surface area contributed by atoms with Crippen molar-refractivity contribution < 1.29 is 13.2 Å². The summed E-state index contributed by atoms with van der Waals surface area (Å²) in [5, 5.41) is 7.28. The highest BCUT2D eigenvalue weighted by Gasteiger charge is 2.14. The third-order valence-electron chi connectivity index (χ3n) is 4.37. The van der Waals surface area contributed by atoms with Crippen molar-refractivity contribution in [2.24, 2.45) is 0 Å². The first kappa shape index (κ1) is 20.2. The lowest BCUT2D eigenvalue weighted by atomic mass is 10.2. The molecule has 0 bridgehead atoms. The first-order valence-electron chi connectivity index (χ1n) is 9.24. The van der Waals surface area contributed by atoms with Gasteiger partial charge in [-0.15, -0.1) is 0 Å². The molecule has 4 aromatic rings. The van der Waals surface area contributed by atoms with E-state index in [1.807, 2.05) is 0 Å². The molecule has 2 N–H and O–H groups in total. The molecule has 0 radical (unpaired) electrons. The molecule has 0 atom stereocenters. The first-order chi connectivity index (χ1) is 14.9. The number of hydrogen-bond acceptors (Lipinski definition) is 7. The van der Waals surface area contributed by atoms with Gasteiger partial charge in [0.25, 0.3) is 10.0 Å². The van der Waals surface area contributed by atoms with E-state index in [-0.39, 0.29) is 10.7 Å². The van der Waals surface area contributed by atoms with Crippen LogP contribution in [0, 0.1) is 0 Å². The summed E-state index contributed by atoms with van der Waals surface area (Å²) in [5.41, 5.74) is 1.58. The van der Waals surface area contributed by atoms with Gasteiger partial charge in [0.05, 0.1) is 4.90 Å². The Bertz CT molecular complexity index is 1300. The minimum Gasteiger partial charge on any atom is -0.340 e. The zero-order valence-corrected chi connectivity index (χ0v) is 17.2. The second kappa shape index (κ2) is 8.36. The molecule has 4 rings (SSSR count). The van der Waals surface area contributed by atoms with Crippen molar-refractivity contribution in [1.82, 2.24) is 19.7 Å². The summed E-state index contributed by atoms with van der Waals surface area (Å²) >= 11 is 0. The number of Topliss-reactive ketones (excluding diaryl/α,β-unsaturated/α-hetero) is 1. The van der Waals surface area contributed by atoms with Crippen LogP contribution in [0.2, 0.25) is 0 Å². The van der Waals surface area contributed by atoms with Crippen molar-refractivity contribution in [3.63, 3.8) is 0 Å². The Kier molecular flexibility index (Phi) is 5.46. The number of benzene rings is 2. The SMILES string of the molecule is CC(=O)c1ccc(S(=O)(=O)Nc2ccc(Nc3cc(-n4cccn4)ncn3)cc2)cc1. The topological polar surface area (TPSA) is 119 Å². The van der Waals surface area contributed by atoms with Gasteiger partial charge in [0.2, 0.25) is 0 Å². The monoisotopic (exact) mass is 434 g/mol. The first-order valence-corrected chi connectivity index (χ1v) is 10.7. The summed E-state index contributed by atoms with van der Waals surface area (Å²) in [7, 11) is -3.77. The van der Waals surface area contributed by atoms with Gasteiger partial charge in [-0.05, 0) is 49.4 Å². The average molecular weight is 434 g/mol. The minimum absolute atomic E-state index is 0.0758. The molecule has 2 aromatic carbocycles. The number of sulfonamides is 1. The van der Waals surface area contributed by atoms with Crippen LogP contribution in [0.4, 0.5) is 17.2 Å². The van der Waals surface area contributed by atoms with Crippen molar-refractivity contribution >= 4 is 33.0 Å². The van der Waals surface area contributed by atoms with Crippen LogP contribution in [0.3, 0.4) is 0 Å². The molecule has 31 heavy (non-hydrogen) atoms. The van der Waals surface area contributed by atoms with Crippen LogP contribution in [0.5, 0.6) is 0 Å². The molecule has 0 spiro atoms. The molecular formula is C21H18N6O3S. The quantitative estimate of drug-likeness (QED) is 0.428. The summed E-state index contributed by atoms with van der Waals surface area (Å²) in [6, 6.07) is 16.1. The van der Waals surface area contributed by atoms with Crippen molar-refractivity contribution in [3.8, 4) is 5.82 Å². The third kappa shape index (κ3) is 4.75. The van der Waals surface area contributed by atoms with Crippen molar-refractivity contribution in [1.29, 1.82) is 0 Å². The van der Waals surface area contributed by atoms with Gasteiger partial charge >= 0.3 is 0 Å². The van der Waals surface area contributed by atoms with Crippen LogP contribution < -0.4 is 10.0 Å². The normalized spacial score (nSPS) is 11.1. The third-order valence-corrected chi connectivity index (χ3v) is 5.77. The molecular weight excluding hydrogens is 416 g/mol. The average Bonchev–Trinajstić information content (AvgIpc) is 3.30. The van der Waals surface area contributed by atoms with Crippen LogP contribution >= 0.6 is 0 Å². The lowest BCUT2D eigenvalue weighted by Crippen LogP contribution is -2.13. The molecule has 0 aliphatic heterocycles. The molecule has 0 unspecified atom stereocenters. The van der Waals surface area contributed by atoms with Gasteiger partial charge in [0, 0.05) is 35.4 Å². The van der Waals surface area contributed by atoms with Gasteiger partial charge in [0.15, 0.2) is 11.6 Å². The maximum Gasteiger partial charge on any atom is 0.261 e. The molecule has 0 amide bonds. The van der Waals surface area contributed by atoms with Crippen LogP contribution in [0.1, 0.15) is 17.3 Å². The predicted molar refractivity (Wildman–Crippen MR) is 116 cm³/mol. The molecule has 9 nitrogen and oxygen atoms in total. The van der Waals surface area contributed by atoms with Gasteiger partial charge in [0.1, 0.15) is 12.1 Å². The largest absolute Gasteiger partial charge is 0.340 e. The molecule has 0 aliphatic carbocycles. The Balaban J connectivity index is 1.46. The van der Waals surface area contributed by atoms with E-state index in [0.717, 1.165) is 5.69 Å². The van der Waals surface area contributed by atoms with Crippen molar-refractivity contribution in [2.45, 2.75) is 11.8 Å². The van der Waals surface area contributed by atoms with E-state index in [1.165, 1.54) is 37.5 Å². The molecule has 2 aromatic heterocycles. The summed E-state index contributed by atoms with van der Waals surface area (Å²) in [6.07, 6.45) is 4.87. The standard InChI is InChI=1S/C21H18N6O3S/c1-15(28)16-3-9-19(10-4-16)31(29,30)26-18-7-5-17(6-8-18)25-20-13-21(23-14-22-20)27-12-2-11-24-27/h2-14,26H,1H3,(H,22,23,25). The zero-order chi connectivity index (χ0) is 21.8. The van der Waals surface area contributed by atoms with E-state index >= 15 is 0 Å². The predicted octanol–water partition coefficient (Wildman–Crippen LogP) is 3.41. The Labute approximate surface area is 178 Å². The van der Waals surface area contributed by atoms with Crippen LogP contribution in [-0.4, -0.2) is 33.9 Å². The second-order valence-corrected chi connectivity index (χ2v) is 8.28. The molecule has 2 heterocycles. The Hall–Kier alpha value is -4.05. The molecule has 0 saturated heterocycles. The highest BCUT2D eigenvalue weighted by atomic mass is 32.2. The fourth-order valence-corrected chi connectivity index (χ4v) is 3.86. The fraction of sp³-hybridized carbons (Fsp3) is 0.0476. The highest BCUT2D eigenvalue weighted by molar-refractivity contribution is 7.92. The fourth-order valence-electron chi connectivity index (χ4n) is 2.80. The van der Waals surface area contributed by atoms with E-state index in [2.05, 4.69) is 25.1 Å². The van der Waals surface area contributed by atoms with Gasteiger partial charge in [-0.1, -0.05) is 12.1 Å². The molecule has 156 valence electrons. The number of aromatic nitrogens is 4. The summed E-state index contributed by atoms with van der Waals surface area (Å²) in [5.74, 6) is 1.06. The van der Waals surface area contributed by atoms with E-state index in [0.29, 0.717) is 22.9 Å². The van der Waals surface area contributed by atoms with Crippen molar-refractivity contribution in [3.05, 3.63) is 84.9 Å². The number of nitrogens with one attached hydrogen (secondary N) is 2. The van der Waals surface area contributed by atoms with E-state index in [1.54, 1.807) is 53.5 Å². The summed E-state index contributed by atoms with van der Waals surface area (Å²) in [6.45, 7) is 1.43. The van der Waals surface area contributed by atoms with Crippen LogP contribution in [0.15, 0.2) is 84.3 Å². The van der Waals surface area contributed by atoms with E-state index in [9.17, 15) is 13.2 Å². The maximum atomic E-state index is 12.6. The Morgan fingerprint density at radius 1 is 0.968 bits per heavy atom. The number of hydrogen-bond donors (Lipinski definition) is 2. The zero-order valence-electron chi connectivity index (χ0n) is 16.4. The Morgan fingerprint density at radius 3 is 2.32 bits per heavy atom.